The van der Waals surface area contributed by atoms with Crippen molar-refractivity contribution < 1.29 is 0 Å². The van der Waals surface area contributed by atoms with E-state index in [1.165, 1.54) is 0 Å². The summed E-state index contributed by atoms with van der Waals surface area (Å²) in [4.78, 5) is 4.33. The summed E-state index contributed by atoms with van der Waals surface area (Å²) in [5.74, 6) is 1.20. The first-order chi connectivity index (χ1) is 9.06. The van der Waals surface area contributed by atoms with Gasteiger partial charge in [0.1, 0.15) is 0 Å². The molecule has 0 spiro atoms. The monoisotopic (exact) mass is 298 g/mol. The predicted octanol–water partition coefficient (Wildman–Crippen LogP) is 3.32. The second-order valence-electron chi connectivity index (χ2n) is 4.78. The summed E-state index contributed by atoms with van der Waals surface area (Å²) in [5, 5.41) is 8.55. The van der Waals surface area contributed by atoms with Crippen LogP contribution in [0.25, 0.3) is 5.82 Å². The minimum absolute atomic E-state index is 0.556. The van der Waals surface area contributed by atoms with Crippen LogP contribution in [0.3, 0.4) is 0 Å². The van der Waals surface area contributed by atoms with E-state index in [1.807, 2.05) is 6.07 Å². The van der Waals surface area contributed by atoms with Gasteiger partial charge < -0.3 is 5.32 Å². The van der Waals surface area contributed by atoms with E-state index in [-0.39, 0.29) is 0 Å². The van der Waals surface area contributed by atoms with Crippen molar-refractivity contribution in [2.24, 2.45) is 5.92 Å². The first-order valence-corrected chi connectivity index (χ1v) is 6.87. The number of halogens is 2. The Bertz CT molecular complexity index is 551. The van der Waals surface area contributed by atoms with E-state index in [0.717, 1.165) is 18.7 Å². The number of hydrogen-bond donors (Lipinski definition) is 1. The van der Waals surface area contributed by atoms with Gasteiger partial charge in [-0.15, -0.1) is 0 Å². The van der Waals surface area contributed by atoms with Crippen LogP contribution in [0.1, 0.15) is 19.4 Å². The molecule has 102 valence electrons. The number of hydrogen-bond acceptors (Lipinski definition) is 3. The molecule has 0 fully saturated rings. The van der Waals surface area contributed by atoms with Gasteiger partial charge in [-0.05, 0) is 24.1 Å². The SMILES string of the molecule is CC(C)CNCc1cnc(-n2cc(Cl)cn2)c(Cl)c1. The molecule has 0 bridgehead atoms. The molecule has 4 nitrogen and oxygen atoms in total. The van der Waals surface area contributed by atoms with Crippen LogP contribution >= 0.6 is 23.2 Å². The van der Waals surface area contributed by atoms with Gasteiger partial charge in [0.05, 0.1) is 22.4 Å². The molecule has 0 amide bonds. The highest BCUT2D eigenvalue weighted by Gasteiger charge is 2.07. The Kier molecular flexibility index (Phi) is 4.80. The van der Waals surface area contributed by atoms with Crippen molar-refractivity contribution in [3.63, 3.8) is 0 Å². The molecule has 2 aromatic rings. The van der Waals surface area contributed by atoms with E-state index >= 15 is 0 Å². The molecule has 0 aliphatic rings. The summed E-state index contributed by atoms with van der Waals surface area (Å²) < 4.78 is 1.57. The lowest BCUT2D eigenvalue weighted by atomic mass is 10.2. The molecule has 0 saturated heterocycles. The minimum atomic E-state index is 0.556. The summed E-state index contributed by atoms with van der Waals surface area (Å²) in [6, 6.07) is 1.90. The van der Waals surface area contributed by atoms with Crippen LogP contribution in [0.15, 0.2) is 24.7 Å². The Balaban J connectivity index is 2.09. The van der Waals surface area contributed by atoms with E-state index in [0.29, 0.717) is 21.8 Å². The third-order valence-corrected chi connectivity index (χ3v) is 3.00. The third kappa shape index (κ3) is 3.93. The van der Waals surface area contributed by atoms with Crippen molar-refractivity contribution in [1.29, 1.82) is 0 Å². The number of nitrogens with zero attached hydrogens (tertiary/aromatic N) is 3. The summed E-state index contributed by atoms with van der Waals surface area (Å²) in [7, 11) is 0. The predicted molar refractivity (Wildman–Crippen MR) is 77.9 cm³/mol. The molecule has 6 heteroatoms. The quantitative estimate of drug-likeness (QED) is 0.921. The molecular weight excluding hydrogens is 283 g/mol. The van der Waals surface area contributed by atoms with Gasteiger partial charge in [-0.3, -0.25) is 0 Å². The van der Waals surface area contributed by atoms with E-state index in [1.54, 1.807) is 23.3 Å². The zero-order valence-corrected chi connectivity index (χ0v) is 12.4. The fourth-order valence-corrected chi connectivity index (χ4v) is 2.07. The largest absolute Gasteiger partial charge is 0.312 e. The summed E-state index contributed by atoms with van der Waals surface area (Å²) in [6.07, 6.45) is 5.02. The molecule has 0 atom stereocenters. The van der Waals surface area contributed by atoms with Gasteiger partial charge in [-0.25, -0.2) is 9.67 Å². The molecule has 0 aromatic carbocycles. The van der Waals surface area contributed by atoms with E-state index in [4.69, 9.17) is 23.2 Å². The van der Waals surface area contributed by atoms with Crippen molar-refractivity contribution in [2.45, 2.75) is 20.4 Å². The van der Waals surface area contributed by atoms with E-state index < -0.39 is 0 Å². The first-order valence-electron chi connectivity index (χ1n) is 6.12. The Morgan fingerprint density at radius 1 is 1.32 bits per heavy atom. The highest BCUT2D eigenvalue weighted by molar-refractivity contribution is 6.32. The van der Waals surface area contributed by atoms with Crippen molar-refractivity contribution in [2.75, 3.05) is 6.54 Å². The Hall–Kier alpha value is -1.10. The van der Waals surface area contributed by atoms with Crippen LogP contribution in [0.4, 0.5) is 0 Å². The fraction of sp³-hybridized carbons (Fsp3) is 0.385. The molecule has 0 saturated carbocycles. The lowest BCUT2D eigenvalue weighted by Gasteiger charge is -2.09. The Labute approximate surface area is 122 Å². The van der Waals surface area contributed by atoms with Gasteiger partial charge in [0.25, 0.3) is 0 Å². The van der Waals surface area contributed by atoms with Crippen molar-refractivity contribution in [3.8, 4) is 5.82 Å². The highest BCUT2D eigenvalue weighted by atomic mass is 35.5. The third-order valence-electron chi connectivity index (χ3n) is 2.53. The molecule has 19 heavy (non-hydrogen) atoms. The van der Waals surface area contributed by atoms with Gasteiger partial charge in [0.15, 0.2) is 5.82 Å². The molecule has 0 aliphatic carbocycles. The summed E-state index contributed by atoms with van der Waals surface area (Å²) in [5.41, 5.74) is 1.05. The van der Waals surface area contributed by atoms with Crippen LogP contribution in [0.2, 0.25) is 10.0 Å². The maximum Gasteiger partial charge on any atom is 0.172 e. The lowest BCUT2D eigenvalue weighted by molar-refractivity contribution is 0.552. The minimum Gasteiger partial charge on any atom is -0.312 e. The standard InChI is InChI=1S/C13H16Cl2N4/c1-9(2)4-16-5-10-3-12(15)13(17-6-10)19-8-11(14)7-18-19/h3,6-9,16H,4-5H2,1-2H3. The second-order valence-corrected chi connectivity index (χ2v) is 5.62. The smallest absolute Gasteiger partial charge is 0.172 e. The van der Waals surface area contributed by atoms with Crippen molar-refractivity contribution in [1.82, 2.24) is 20.1 Å². The molecule has 1 N–H and O–H groups in total. The molecule has 0 radical (unpaired) electrons. The maximum atomic E-state index is 6.22. The van der Waals surface area contributed by atoms with Crippen LogP contribution in [0.5, 0.6) is 0 Å². The second kappa shape index (κ2) is 6.37. The van der Waals surface area contributed by atoms with Gasteiger partial charge in [0.2, 0.25) is 0 Å². The van der Waals surface area contributed by atoms with Gasteiger partial charge >= 0.3 is 0 Å². The number of rotatable bonds is 5. The Morgan fingerprint density at radius 2 is 2.11 bits per heavy atom. The van der Waals surface area contributed by atoms with Gasteiger partial charge in [-0.2, -0.15) is 5.10 Å². The van der Waals surface area contributed by atoms with Crippen molar-refractivity contribution in [3.05, 3.63) is 40.3 Å². The first kappa shape index (κ1) is 14.3. The molecule has 2 heterocycles. The van der Waals surface area contributed by atoms with Crippen molar-refractivity contribution >= 4 is 23.2 Å². The van der Waals surface area contributed by atoms with Crippen LogP contribution in [-0.2, 0) is 6.54 Å². The summed E-state index contributed by atoms with van der Waals surface area (Å²) >= 11 is 12.0. The molecule has 2 aromatic heterocycles. The molecule has 0 unspecified atom stereocenters. The van der Waals surface area contributed by atoms with E-state index in [2.05, 4.69) is 29.2 Å². The normalized spacial score (nSPS) is 11.2. The van der Waals surface area contributed by atoms with E-state index in [9.17, 15) is 0 Å². The number of nitrogens with one attached hydrogen (secondary N) is 1. The molecule has 2 rings (SSSR count). The van der Waals surface area contributed by atoms with Crippen LogP contribution in [-0.4, -0.2) is 21.3 Å². The van der Waals surface area contributed by atoms with Crippen LogP contribution < -0.4 is 5.32 Å². The lowest BCUT2D eigenvalue weighted by Crippen LogP contribution is -2.19. The molecular formula is C13H16Cl2N4. The Morgan fingerprint density at radius 3 is 2.68 bits per heavy atom. The topological polar surface area (TPSA) is 42.7 Å². The zero-order valence-electron chi connectivity index (χ0n) is 10.9. The number of pyridine rings is 1. The fourth-order valence-electron chi connectivity index (χ4n) is 1.66. The highest BCUT2D eigenvalue weighted by Crippen LogP contribution is 2.20. The average molecular weight is 299 g/mol. The maximum absolute atomic E-state index is 6.22. The van der Waals surface area contributed by atoms with Gasteiger partial charge in [-0.1, -0.05) is 37.0 Å². The van der Waals surface area contributed by atoms with Crippen LogP contribution in [0, 0.1) is 5.92 Å². The number of aromatic nitrogens is 3. The summed E-state index contributed by atoms with van der Waals surface area (Å²) in [6.45, 7) is 6.06. The average Bonchev–Trinajstić information content (AvgIpc) is 2.75. The zero-order chi connectivity index (χ0) is 13.8. The molecule has 0 aliphatic heterocycles. The van der Waals surface area contributed by atoms with Gasteiger partial charge in [0, 0.05) is 12.7 Å².